The Bertz CT molecular complexity index is 1370. The molecule has 7 nitrogen and oxygen atoms in total. The van der Waals surface area contributed by atoms with Crippen molar-refractivity contribution < 1.29 is 4.79 Å². The van der Waals surface area contributed by atoms with Gasteiger partial charge >= 0.3 is 0 Å². The summed E-state index contributed by atoms with van der Waals surface area (Å²) in [5.41, 5.74) is 8.47. The Morgan fingerprint density at radius 2 is 1.79 bits per heavy atom. The molecular formula is C25H26ClN5O2S. The van der Waals surface area contributed by atoms with Gasteiger partial charge in [-0.1, -0.05) is 60.1 Å². The number of hydrogen-bond acceptors (Lipinski definition) is 5. The van der Waals surface area contributed by atoms with Crippen molar-refractivity contribution in [2.45, 2.75) is 50.1 Å². The number of hydrogen-bond donors (Lipinski definition) is 1. The molecule has 34 heavy (non-hydrogen) atoms. The number of aromatic nitrogens is 4. The Balaban J connectivity index is 1.59. The van der Waals surface area contributed by atoms with Gasteiger partial charge < -0.3 is 5.73 Å². The van der Waals surface area contributed by atoms with Gasteiger partial charge in [-0.3, -0.25) is 14.2 Å². The zero-order chi connectivity index (χ0) is 24.1. The zero-order valence-electron chi connectivity index (χ0n) is 18.9. The predicted octanol–water partition coefficient (Wildman–Crippen LogP) is 4.88. The second kappa shape index (κ2) is 10.9. The highest BCUT2D eigenvalue weighted by Crippen LogP contribution is 2.30. The Morgan fingerprint density at radius 3 is 2.56 bits per heavy atom. The summed E-state index contributed by atoms with van der Waals surface area (Å²) in [6.07, 6.45) is 2.63. The van der Waals surface area contributed by atoms with Crippen molar-refractivity contribution in [3.05, 3.63) is 81.4 Å². The van der Waals surface area contributed by atoms with E-state index in [0.717, 1.165) is 29.8 Å². The van der Waals surface area contributed by atoms with E-state index in [2.05, 4.69) is 5.10 Å². The van der Waals surface area contributed by atoms with Gasteiger partial charge in [0, 0.05) is 24.3 Å². The fraction of sp³-hybridized carbons (Fsp3) is 0.280. The minimum atomic E-state index is -0.302. The molecule has 0 saturated carbocycles. The van der Waals surface area contributed by atoms with Crippen LogP contribution in [0.15, 0.2) is 64.5 Å². The summed E-state index contributed by atoms with van der Waals surface area (Å²) in [5.74, 6) is 0.230. The molecule has 0 aliphatic rings. The van der Waals surface area contributed by atoms with Crippen molar-refractivity contribution in [3.8, 4) is 5.69 Å². The molecule has 4 rings (SSSR count). The van der Waals surface area contributed by atoms with E-state index in [0.29, 0.717) is 46.4 Å². The van der Waals surface area contributed by atoms with Crippen molar-refractivity contribution in [1.82, 2.24) is 19.3 Å². The third kappa shape index (κ3) is 5.34. The van der Waals surface area contributed by atoms with Gasteiger partial charge in [-0.2, -0.15) is 5.10 Å². The quantitative estimate of drug-likeness (QED) is 0.192. The lowest BCUT2D eigenvalue weighted by atomic mass is 10.2. The lowest BCUT2D eigenvalue weighted by Crippen LogP contribution is -2.23. The van der Waals surface area contributed by atoms with Crippen LogP contribution in [0.1, 0.15) is 36.9 Å². The number of thioether (sulfide) groups is 1. The summed E-state index contributed by atoms with van der Waals surface area (Å²) in [6, 6.07) is 17.1. The van der Waals surface area contributed by atoms with E-state index >= 15 is 0 Å². The molecule has 0 fully saturated rings. The summed E-state index contributed by atoms with van der Waals surface area (Å²) in [5, 5.41) is 6.40. The van der Waals surface area contributed by atoms with E-state index in [1.165, 1.54) is 11.8 Å². The van der Waals surface area contributed by atoms with Crippen LogP contribution in [0.5, 0.6) is 0 Å². The highest BCUT2D eigenvalue weighted by molar-refractivity contribution is 7.98. The molecule has 2 N–H and O–H groups in total. The van der Waals surface area contributed by atoms with Gasteiger partial charge in [-0.05, 0) is 44.0 Å². The maximum absolute atomic E-state index is 13.2. The molecule has 176 valence electrons. The molecule has 0 radical (unpaired) electrons. The lowest BCUT2D eigenvalue weighted by Gasteiger charge is -2.13. The summed E-state index contributed by atoms with van der Waals surface area (Å²) in [6.45, 7) is 2.45. The SMILES string of the molecule is Cc1nn(-c2ccccc2)c(Cl)c1CSc1nc2ccccc2c(=O)n1CCCCCC(N)=O. The normalized spacial score (nSPS) is 11.2. The third-order valence-corrected chi connectivity index (χ3v) is 6.99. The number of unbranched alkanes of at least 4 members (excludes halogenated alkanes) is 2. The Hall–Kier alpha value is -3.10. The average Bonchev–Trinajstić information content (AvgIpc) is 3.12. The minimum Gasteiger partial charge on any atom is -0.370 e. The van der Waals surface area contributed by atoms with Crippen LogP contribution in [0.4, 0.5) is 0 Å². The summed E-state index contributed by atoms with van der Waals surface area (Å²) in [7, 11) is 0. The van der Waals surface area contributed by atoms with E-state index in [-0.39, 0.29) is 11.5 Å². The number of carbonyl (C=O) groups excluding carboxylic acids is 1. The van der Waals surface area contributed by atoms with Gasteiger partial charge in [0.15, 0.2) is 5.16 Å². The fourth-order valence-electron chi connectivity index (χ4n) is 3.77. The number of carbonyl (C=O) groups is 1. The van der Waals surface area contributed by atoms with Gasteiger partial charge in [0.1, 0.15) is 5.15 Å². The van der Waals surface area contributed by atoms with Crippen LogP contribution in [0.3, 0.4) is 0 Å². The van der Waals surface area contributed by atoms with Crippen molar-refractivity contribution in [2.75, 3.05) is 0 Å². The van der Waals surface area contributed by atoms with Crippen LogP contribution in [0, 0.1) is 6.92 Å². The molecule has 4 aromatic rings. The molecule has 0 spiro atoms. The summed E-state index contributed by atoms with van der Waals surface area (Å²) < 4.78 is 3.45. The number of primary amides is 1. The van der Waals surface area contributed by atoms with Gasteiger partial charge in [0.2, 0.25) is 5.91 Å². The molecule has 0 unspecified atom stereocenters. The molecule has 0 aliphatic heterocycles. The van der Waals surface area contributed by atoms with Gasteiger partial charge in [0.25, 0.3) is 5.56 Å². The van der Waals surface area contributed by atoms with E-state index in [9.17, 15) is 9.59 Å². The summed E-state index contributed by atoms with van der Waals surface area (Å²) >= 11 is 8.18. The number of aryl methyl sites for hydroxylation is 1. The van der Waals surface area contributed by atoms with Crippen LogP contribution in [0.25, 0.3) is 16.6 Å². The fourth-order valence-corrected chi connectivity index (χ4v) is 5.30. The third-order valence-electron chi connectivity index (χ3n) is 5.60. The first-order chi connectivity index (χ1) is 16.5. The number of amides is 1. The standard InChI is InChI=1S/C25H26ClN5O2S/c1-17-20(23(26)31(29-17)18-10-4-2-5-11-18)16-34-25-28-21-13-8-7-12-19(21)24(33)30(25)15-9-3-6-14-22(27)32/h2,4-5,7-8,10-13H,3,6,9,14-16H2,1H3,(H2,27,32). The number of nitrogens with zero attached hydrogens (tertiary/aromatic N) is 4. The lowest BCUT2D eigenvalue weighted by molar-refractivity contribution is -0.118. The number of benzene rings is 2. The van der Waals surface area contributed by atoms with Crippen LogP contribution in [-0.4, -0.2) is 25.2 Å². The van der Waals surface area contributed by atoms with Crippen LogP contribution in [-0.2, 0) is 17.1 Å². The first-order valence-corrected chi connectivity index (χ1v) is 12.5. The zero-order valence-corrected chi connectivity index (χ0v) is 20.5. The number of halogens is 1. The molecule has 0 bridgehead atoms. The monoisotopic (exact) mass is 495 g/mol. The molecular weight excluding hydrogens is 470 g/mol. The highest BCUT2D eigenvalue weighted by atomic mass is 35.5. The second-order valence-corrected chi connectivity index (χ2v) is 9.34. The highest BCUT2D eigenvalue weighted by Gasteiger charge is 2.17. The van der Waals surface area contributed by atoms with Gasteiger partial charge in [0.05, 0.1) is 22.3 Å². The molecule has 0 aliphatic carbocycles. The van der Waals surface area contributed by atoms with Crippen LogP contribution < -0.4 is 11.3 Å². The molecule has 9 heteroatoms. The van der Waals surface area contributed by atoms with Crippen LogP contribution >= 0.6 is 23.4 Å². The van der Waals surface area contributed by atoms with E-state index in [1.54, 1.807) is 15.3 Å². The molecule has 0 saturated heterocycles. The molecule has 2 aromatic heterocycles. The Labute approximate surface area is 206 Å². The number of rotatable bonds is 10. The molecule has 2 heterocycles. The minimum absolute atomic E-state index is 0.0641. The van der Waals surface area contributed by atoms with Gasteiger partial charge in [-0.15, -0.1) is 0 Å². The molecule has 1 amide bonds. The van der Waals surface area contributed by atoms with Crippen molar-refractivity contribution in [3.63, 3.8) is 0 Å². The number of nitrogens with two attached hydrogens (primary N) is 1. The van der Waals surface area contributed by atoms with E-state index in [1.807, 2.05) is 55.5 Å². The second-order valence-electron chi connectivity index (χ2n) is 8.04. The Morgan fingerprint density at radius 1 is 1.06 bits per heavy atom. The van der Waals surface area contributed by atoms with Crippen molar-refractivity contribution in [1.29, 1.82) is 0 Å². The predicted molar refractivity (Wildman–Crippen MR) is 137 cm³/mol. The largest absolute Gasteiger partial charge is 0.370 e. The van der Waals surface area contributed by atoms with Crippen molar-refractivity contribution >= 4 is 40.2 Å². The number of fused-ring (bicyclic) bond motifs is 1. The maximum atomic E-state index is 13.2. The first-order valence-electron chi connectivity index (χ1n) is 11.2. The average molecular weight is 496 g/mol. The van der Waals surface area contributed by atoms with Gasteiger partial charge in [-0.25, -0.2) is 9.67 Å². The number of para-hydroxylation sites is 2. The summed E-state index contributed by atoms with van der Waals surface area (Å²) in [4.78, 5) is 29.0. The topological polar surface area (TPSA) is 95.8 Å². The smallest absolute Gasteiger partial charge is 0.262 e. The van der Waals surface area contributed by atoms with Crippen LogP contribution in [0.2, 0.25) is 5.15 Å². The van der Waals surface area contributed by atoms with E-state index in [4.69, 9.17) is 22.3 Å². The maximum Gasteiger partial charge on any atom is 0.262 e. The first kappa shape index (κ1) is 24.0. The molecule has 2 aromatic carbocycles. The van der Waals surface area contributed by atoms with Crippen molar-refractivity contribution in [2.24, 2.45) is 5.73 Å². The molecule has 0 atom stereocenters. The Kier molecular flexibility index (Phi) is 7.70. The van der Waals surface area contributed by atoms with E-state index < -0.39 is 0 Å².